The van der Waals surface area contributed by atoms with Gasteiger partial charge < -0.3 is 20.1 Å². The molecule has 0 bridgehead atoms. The molecule has 0 spiro atoms. The summed E-state index contributed by atoms with van der Waals surface area (Å²) in [7, 11) is 3.23. The number of hydrogen-bond acceptors (Lipinski definition) is 4. The highest BCUT2D eigenvalue weighted by Crippen LogP contribution is 2.24. The third-order valence-corrected chi connectivity index (χ3v) is 3.57. The van der Waals surface area contributed by atoms with Crippen molar-refractivity contribution in [2.45, 2.75) is 31.8 Å². The molecule has 1 amide bonds. The maximum atomic E-state index is 12.1. The Balaban J connectivity index is 1.94. The highest BCUT2D eigenvalue weighted by atomic mass is 16.5. The highest BCUT2D eigenvalue weighted by Gasteiger charge is 2.20. The van der Waals surface area contributed by atoms with E-state index in [0.29, 0.717) is 6.54 Å². The molecule has 1 aliphatic heterocycles. The number of amides is 1. The van der Waals surface area contributed by atoms with Crippen LogP contribution in [0.1, 0.15) is 24.8 Å². The number of piperidine rings is 1. The molecular weight excluding hydrogens is 256 g/mol. The van der Waals surface area contributed by atoms with E-state index < -0.39 is 0 Å². The van der Waals surface area contributed by atoms with Crippen molar-refractivity contribution in [2.24, 2.45) is 0 Å². The molecule has 0 aliphatic carbocycles. The second-order valence-corrected chi connectivity index (χ2v) is 4.90. The van der Waals surface area contributed by atoms with Gasteiger partial charge in [-0.2, -0.15) is 0 Å². The number of methoxy groups -OCH3 is 2. The van der Waals surface area contributed by atoms with Gasteiger partial charge >= 0.3 is 0 Å². The van der Waals surface area contributed by atoms with Gasteiger partial charge in [0.25, 0.3) is 0 Å². The van der Waals surface area contributed by atoms with Crippen LogP contribution in [-0.2, 0) is 11.3 Å². The van der Waals surface area contributed by atoms with E-state index in [-0.39, 0.29) is 11.9 Å². The Morgan fingerprint density at radius 3 is 2.85 bits per heavy atom. The van der Waals surface area contributed by atoms with Crippen molar-refractivity contribution in [1.29, 1.82) is 0 Å². The normalized spacial score (nSPS) is 18.4. The predicted octanol–water partition coefficient (Wildman–Crippen LogP) is 1.46. The van der Waals surface area contributed by atoms with Crippen LogP contribution in [0.2, 0.25) is 0 Å². The van der Waals surface area contributed by atoms with Gasteiger partial charge in [0.1, 0.15) is 11.5 Å². The molecule has 1 aromatic carbocycles. The van der Waals surface area contributed by atoms with Crippen molar-refractivity contribution in [1.82, 2.24) is 10.6 Å². The van der Waals surface area contributed by atoms with E-state index in [9.17, 15) is 4.79 Å². The van der Waals surface area contributed by atoms with Crippen molar-refractivity contribution in [3.63, 3.8) is 0 Å². The monoisotopic (exact) mass is 278 g/mol. The van der Waals surface area contributed by atoms with Crippen molar-refractivity contribution in [3.05, 3.63) is 23.8 Å². The summed E-state index contributed by atoms with van der Waals surface area (Å²) in [6.45, 7) is 1.38. The van der Waals surface area contributed by atoms with Crippen LogP contribution >= 0.6 is 0 Å². The van der Waals surface area contributed by atoms with Gasteiger partial charge in [0.15, 0.2) is 0 Å². The Hall–Kier alpha value is -1.75. The molecule has 0 saturated carbocycles. The number of carbonyl (C=O) groups is 1. The lowest BCUT2D eigenvalue weighted by Crippen LogP contribution is -2.46. The molecule has 5 heteroatoms. The van der Waals surface area contributed by atoms with Crippen molar-refractivity contribution < 1.29 is 14.3 Å². The SMILES string of the molecule is COc1ccc(CNC(=O)C2CCCCN2)c(OC)c1. The van der Waals surface area contributed by atoms with Gasteiger partial charge in [-0.1, -0.05) is 6.42 Å². The molecule has 1 aromatic rings. The van der Waals surface area contributed by atoms with Crippen LogP contribution in [0.3, 0.4) is 0 Å². The molecule has 110 valence electrons. The minimum Gasteiger partial charge on any atom is -0.497 e. The molecule has 2 N–H and O–H groups in total. The van der Waals surface area contributed by atoms with Gasteiger partial charge in [-0.25, -0.2) is 0 Å². The fourth-order valence-electron chi connectivity index (χ4n) is 2.38. The Labute approximate surface area is 119 Å². The van der Waals surface area contributed by atoms with Gasteiger partial charge in [0, 0.05) is 18.2 Å². The fourth-order valence-corrected chi connectivity index (χ4v) is 2.38. The maximum absolute atomic E-state index is 12.1. The molecule has 0 aromatic heterocycles. The van der Waals surface area contributed by atoms with Crippen molar-refractivity contribution >= 4 is 5.91 Å². The Morgan fingerprint density at radius 1 is 1.35 bits per heavy atom. The van der Waals surface area contributed by atoms with E-state index in [0.717, 1.165) is 42.9 Å². The lowest BCUT2D eigenvalue weighted by molar-refractivity contribution is -0.123. The van der Waals surface area contributed by atoms with Gasteiger partial charge in [-0.3, -0.25) is 4.79 Å². The van der Waals surface area contributed by atoms with E-state index in [1.807, 2.05) is 18.2 Å². The lowest BCUT2D eigenvalue weighted by Gasteiger charge is -2.22. The third kappa shape index (κ3) is 3.63. The van der Waals surface area contributed by atoms with Gasteiger partial charge in [-0.15, -0.1) is 0 Å². The van der Waals surface area contributed by atoms with Crippen LogP contribution in [0, 0.1) is 0 Å². The van der Waals surface area contributed by atoms with Crippen LogP contribution in [0.25, 0.3) is 0 Å². The molecular formula is C15H22N2O3. The highest BCUT2D eigenvalue weighted by molar-refractivity contribution is 5.81. The Morgan fingerprint density at radius 2 is 2.20 bits per heavy atom. The zero-order chi connectivity index (χ0) is 14.4. The number of benzene rings is 1. The molecule has 1 unspecified atom stereocenters. The van der Waals surface area contributed by atoms with Crippen LogP contribution in [0.5, 0.6) is 11.5 Å². The number of ether oxygens (including phenoxy) is 2. The molecule has 1 fully saturated rings. The summed E-state index contributed by atoms with van der Waals surface area (Å²) in [6, 6.07) is 5.53. The first-order valence-electron chi connectivity index (χ1n) is 6.96. The average Bonchev–Trinajstić information content (AvgIpc) is 2.53. The second kappa shape index (κ2) is 7.14. The van der Waals surface area contributed by atoms with Crippen LogP contribution in [0.15, 0.2) is 18.2 Å². The molecule has 0 radical (unpaired) electrons. The van der Waals surface area contributed by atoms with Crippen molar-refractivity contribution in [2.75, 3.05) is 20.8 Å². The standard InChI is InChI=1S/C15H22N2O3/c1-19-12-7-6-11(14(9-12)20-2)10-17-15(18)13-5-3-4-8-16-13/h6-7,9,13,16H,3-5,8,10H2,1-2H3,(H,17,18). The van der Waals surface area contributed by atoms with Crippen LogP contribution in [-0.4, -0.2) is 32.7 Å². The van der Waals surface area contributed by atoms with Gasteiger partial charge in [-0.05, 0) is 31.5 Å². The van der Waals surface area contributed by atoms with E-state index in [2.05, 4.69) is 10.6 Å². The van der Waals surface area contributed by atoms with Gasteiger partial charge in [0.05, 0.1) is 20.3 Å². The summed E-state index contributed by atoms with van der Waals surface area (Å²) in [5.74, 6) is 1.52. The summed E-state index contributed by atoms with van der Waals surface area (Å²) in [5.41, 5.74) is 0.942. The number of carbonyl (C=O) groups excluding carboxylic acids is 1. The molecule has 1 heterocycles. The minimum absolute atomic E-state index is 0.0579. The largest absolute Gasteiger partial charge is 0.497 e. The second-order valence-electron chi connectivity index (χ2n) is 4.90. The first kappa shape index (κ1) is 14.7. The fraction of sp³-hybridized carbons (Fsp3) is 0.533. The predicted molar refractivity (Wildman–Crippen MR) is 77.0 cm³/mol. The summed E-state index contributed by atoms with van der Waals surface area (Å²) in [5, 5.41) is 6.20. The zero-order valence-electron chi connectivity index (χ0n) is 12.1. The van der Waals surface area contributed by atoms with E-state index in [1.54, 1.807) is 14.2 Å². The van der Waals surface area contributed by atoms with E-state index in [1.165, 1.54) is 0 Å². The van der Waals surface area contributed by atoms with Crippen LogP contribution < -0.4 is 20.1 Å². The zero-order valence-corrected chi connectivity index (χ0v) is 12.1. The molecule has 20 heavy (non-hydrogen) atoms. The topological polar surface area (TPSA) is 59.6 Å². The molecule has 1 saturated heterocycles. The third-order valence-electron chi connectivity index (χ3n) is 3.57. The Bertz CT molecular complexity index is 456. The van der Waals surface area contributed by atoms with E-state index >= 15 is 0 Å². The maximum Gasteiger partial charge on any atom is 0.237 e. The first-order chi connectivity index (χ1) is 9.74. The quantitative estimate of drug-likeness (QED) is 0.856. The molecule has 5 nitrogen and oxygen atoms in total. The molecule has 1 aliphatic rings. The number of rotatable bonds is 5. The number of nitrogens with one attached hydrogen (secondary N) is 2. The average molecular weight is 278 g/mol. The summed E-state index contributed by atoms with van der Waals surface area (Å²) < 4.78 is 10.5. The number of hydrogen-bond donors (Lipinski definition) is 2. The molecule has 1 atom stereocenters. The van der Waals surface area contributed by atoms with Crippen molar-refractivity contribution in [3.8, 4) is 11.5 Å². The summed E-state index contributed by atoms with van der Waals surface area (Å²) in [6.07, 6.45) is 3.17. The first-order valence-corrected chi connectivity index (χ1v) is 6.96. The smallest absolute Gasteiger partial charge is 0.237 e. The summed E-state index contributed by atoms with van der Waals surface area (Å²) >= 11 is 0. The lowest BCUT2D eigenvalue weighted by atomic mass is 10.0. The Kier molecular flexibility index (Phi) is 5.24. The summed E-state index contributed by atoms with van der Waals surface area (Å²) in [4.78, 5) is 12.1. The molecule has 2 rings (SSSR count). The minimum atomic E-state index is -0.0620. The van der Waals surface area contributed by atoms with Crippen LogP contribution in [0.4, 0.5) is 0 Å². The van der Waals surface area contributed by atoms with E-state index in [4.69, 9.17) is 9.47 Å². The van der Waals surface area contributed by atoms with Gasteiger partial charge in [0.2, 0.25) is 5.91 Å².